The lowest BCUT2D eigenvalue weighted by Crippen LogP contribution is -2.00. The maximum absolute atomic E-state index is 5.16. The lowest BCUT2D eigenvalue weighted by molar-refractivity contribution is 1.07. The maximum atomic E-state index is 5.16. The van der Waals surface area contributed by atoms with Crippen molar-refractivity contribution in [2.24, 2.45) is 0 Å². The molecule has 0 aliphatic carbocycles. The quantitative estimate of drug-likeness (QED) is 0.142. The van der Waals surface area contributed by atoms with Crippen molar-refractivity contribution in [2.75, 3.05) is 0 Å². The number of hydrogen-bond donors (Lipinski definition) is 0. The Balaban J connectivity index is 0.789. The van der Waals surface area contributed by atoms with Gasteiger partial charge in [0, 0.05) is 66.8 Å². The first kappa shape index (κ1) is 64.0. The molecule has 0 N–H and O–H groups in total. The van der Waals surface area contributed by atoms with E-state index < -0.39 is 0 Å². The fourth-order valence-corrected chi connectivity index (χ4v) is 13.1. The van der Waals surface area contributed by atoms with E-state index in [0.717, 1.165) is 134 Å². The number of nitrogens with zero attached hydrogens (tertiary/aromatic N) is 12. The molecule has 504 valence electrons. The van der Waals surface area contributed by atoms with E-state index >= 15 is 0 Å². The van der Waals surface area contributed by atoms with Crippen molar-refractivity contribution < 1.29 is 0 Å². The Hall–Kier alpha value is -14.9. The molecule has 36 bridgehead atoms. The van der Waals surface area contributed by atoms with E-state index in [9.17, 15) is 0 Å². The number of rotatable bonds is 0. The molecular weight excluding hydrogens is 1320 g/mol. The molecule has 4 aromatic heterocycles. The van der Waals surface area contributed by atoms with Crippen LogP contribution in [0.2, 0.25) is 0 Å². The molecule has 0 radical (unpaired) electrons. The monoisotopic (exact) mass is 1380 g/mol. The summed E-state index contributed by atoms with van der Waals surface area (Å²) in [7, 11) is 0. The summed E-state index contributed by atoms with van der Waals surface area (Å²) in [6.45, 7) is 0. The van der Waals surface area contributed by atoms with Crippen LogP contribution >= 0.6 is 0 Å². The molecule has 0 unspecified atom stereocenters. The average molecular weight is 1380 g/mol. The van der Waals surface area contributed by atoms with Crippen molar-refractivity contribution in [1.29, 1.82) is 0 Å². The van der Waals surface area contributed by atoms with Crippen LogP contribution in [0.3, 0.4) is 0 Å². The third kappa shape index (κ3) is 13.9. The van der Waals surface area contributed by atoms with Crippen molar-refractivity contribution in [3.8, 4) is 137 Å². The van der Waals surface area contributed by atoms with Gasteiger partial charge >= 0.3 is 0 Å². The van der Waals surface area contributed by atoms with Crippen molar-refractivity contribution in [1.82, 2.24) is 59.8 Å². The average Bonchev–Trinajstić information content (AvgIpc) is 0.815. The second-order valence-electron chi connectivity index (χ2n) is 26.7. The predicted molar refractivity (Wildman–Crippen MR) is 438 cm³/mol. The molecule has 0 spiro atoms. The molecule has 0 saturated carbocycles. The minimum Gasteiger partial charge on any atom is -0.208 e. The van der Waals surface area contributed by atoms with Gasteiger partial charge in [-0.15, -0.1) is 0 Å². The summed E-state index contributed by atoms with van der Waals surface area (Å²) in [6.07, 6.45) is 25.3. The summed E-state index contributed by atoms with van der Waals surface area (Å²) >= 11 is 0. The number of benzene rings is 12. The highest BCUT2D eigenvalue weighted by atomic mass is 15.1. The smallest absolute Gasteiger partial charge is 0.164 e. The SMILES string of the molecule is C1=Cc2ccc(cc2)-c2nc3nc(n2)-c2ccc(cc2)/C=C\c2ccc(cc2)-c2nc4nc(n2)-c2ccc(cc2)/C=C\c2ccc(cc2)-c2nc(nc(n2)-c2ccc(cc2)/C=C\c2ccc(cc2)-c2nc(nc(n2)-c2ccc(cc2)C=Cc2ccc-4cc2)-c2ccc1cc2)-c1ccc(cc1)C=Cc1ccc-3cc1. The molecule has 108 heavy (non-hydrogen) atoms. The summed E-state index contributed by atoms with van der Waals surface area (Å²) in [5, 5.41) is 0. The first-order chi connectivity index (χ1) is 53.3. The van der Waals surface area contributed by atoms with Crippen LogP contribution in [0.1, 0.15) is 66.8 Å². The Morgan fingerprint density at radius 1 is 0.0833 bits per heavy atom. The number of hydrogen-bond acceptors (Lipinski definition) is 12. The van der Waals surface area contributed by atoms with Gasteiger partial charge in [0.15, 0.2) is 69.9 Å². The molecule has 0 atom stereocenters. The van der Waals surface area contributed by atoms with Crippen LogP contribution in [-0.4, -0.2) is 59.8 Å². The normalized spacial score (nSPS) is 13.1. The van der Waals surface area contributed by atoms with Gasteiger partial charge in [0.05, 0.1) is 0 Å². The van der Waals surface area contributed by atoms with Gasteiger partial charge < -0.3 is 0 Å². The third-order valence-electron chi connectivity index (χ3n) is 19.4. The zero-order chi connectivity index (χ0) is 71.7. The standard InChI is InChI=1S/C96H60N12/c1-2-62-15-39-74(40-16-62)86-99-89-77-45-21-65(22-46-77)7-9-69-29-53-81(54-30-69)93-103-91-79-49-25-67(26-50-79)5-3-63-17-41-75(42-18-63)87-97-85(73-37-13-61(1)14-38-73)98-88(101-87)76-43-19-64(20-44-76)4-6-68-27-51-80(52-28-68)92-104-94(82-55-31-70(32-56-82)10-8-66-23-47-78(48-24-66)90(100-86)102-89)108-96(106-92)84-59-35-72(36-60-84)12-11-71-33-57-83(58-34-71)95(105-91)107-93/h1-60H/b2-1-,5-3-,6-4?,9-7?,10-8-,12-11?. The summed E-state index contributed by atoms with van der Waals surface area (Å²) in [6, 6.07) is 99.7. The Morgan fingerprint density at radius 3 is 0.213 bits per heavy atom. The molecule has 0 amide bonds. The van der Waals surface area contributed by atoms with Gasteiger partial charge in [0.25, 0.3) is 0 Å². The molecule has 0 fully saturated rings. The zero-order valence-corrected chi connectivity index (χ0v) is 58.0. The van der Waals surface area contributed by atoms with Crippen molar-refractivity contribution >= 4 is 72.9 Å². The minimum absolute atomic E-state index is 0.556. The fraction of sp³-hybridized carbons (Fsp3) is 0. The largest absolute Gasteiger partial charge is 0.208 e. The van der Waals surface area contributed by atoms with Crippen molar-refractivity contribution in [2.45, 2.75) is 0 Å². The highest BCUT2D eigenvalue weighted by molar-refractivity contribution is 5.82. The molecular formula is C96H60N12. The first-order valence-electron chi connectivity index (χ1n) is 35.7. The summed E-state index contributed by atoms with van der Waals surface area (Å²) in [5.41, 5.74) is 22.4. The Morgan fingerprint density at radius 2 is 0.148 bits per heavy atom. The highest BCUT2D eigenvalue weighted by Gasteiger charge is 2.19. The third-order valence-corrected chi connectivity index (χ3v) is 19.4. The lowest BCUT2D eigenvalue weighted by atomic mass is 10.1. The molecule has 44 heterocycles. The van der Waals surface area contributed by atoms with E-state index in [2.05, 4.69) is 364 Å². The van der Waals surface area contributed by atoms with Gasteiger partial charge in [-0.25, -0.2) is 59.8 Å². The van der Waals surface area contributed by atoms with Gasteiger partial charge in [-0.3, -0.25) is 0 Å². The summed E-state index contributed by atoms with van der Waals surface area (Å²) in [4.78, 5) is 61.9. The molecule has 40 aliphatic heterocycles. The van der Waals surface area contributed by atoms with Crippen LogP contribution in [0.4, 0.5) is 0 Å². The van der Waals surface area contributed by atoms with Crippen molar-refractivity contribution in [3.05, 3.63) is 358 Å². The zero-order valence-electron chi connectivity index (χ0n) is 58.0. The van der Waals surface area contributed by atoms with Gasteiger partial charge in [-0.05, 0) is 66.8 Å². The molecule has 0 saturated heterocycles. The van der Waals surface area contributed by atoms with E-state index in [1.807, 2.05) is 0 Å². The van der Waals surface area contributed by atoms with Crippen molar-refractivity contribution in [3.63, 3.8) is 0 Å². The minimum atomic E-state index is 0.556. The maximum Gasteiger partial charge on any atom is 0.164 e. The molecule has 12 aromatic carbocycles. The van der Waals surface area contributed by atoms with E-state index in [1.54, 1.807) is 0 Å². The summed E-state index contributed by atoms with van der Waals surface area (Å²) < 4.78 is 0. The fourth-order valence-electron chi connectivity index (χ4n) is 13.1. The van der Waals surface area contributed by atoms with E-state index in [-0.39, 0.29) is 0 Å². The summed E-state index contributed by atoms with van der Waals surface area (Å²) in [5.74, 6) is 6.67. The molecule has 12 nitrogen and oxygen atoms in total. The van der Waals surface area contributed by atoms with Crippen LogP contribution in [-0.2, 0) is 0 Å². The second kappa shape index (κ2) is 28.1. The highest BCUT2D eigenvalue weighted by Crippen LogP contribution is 2.34. The Labute approximate surface area is 623 Å². The predicted octanol–water partition coefficient (Wildman–Crippen LogP) is 22.4. The van der Waals surface area contributed by atoms with E-state index in [4.69, 9.17) is 59.8 Å². The van der Waals surface area contributed by atoms with E-state index in [1.165, 1.54) is 0 Å². The van der Waals surface area contributed by atoms with Crippen LogP contribution in [0.5, 0.6) is 0 Å². The number of aromatic nitrogens is 12. The molecule has 40 aliphatic rings. The van der Waals surface area contributed by atoms with E-state index in [0.29, 0.717) is 69.9 Å². The second-order valence-corrected chi connectivity index (χ2v) is 26.7. The topological polar surface area (TPSA) is 155 Å². The first-order valence-corrected chi connectivity index (χ1v) is 35.7. The van der Waals surface area contributed by atoms with Crippen LogP contribution in [0.15, 0.2) is 291 Å². The van der Waals surface area contributed by atoms with Gasteiger partial charge in [-0.2, -0.15) is 0 Å². The Kier molecular flexibility index (Phi) is 16.6. The molecule has 56 rings (SSSR count). The molecule has 12 heteroatoms. The Bertz CT molecular complexity index is 4830. The van der Waals surface area contributed by atoms with Crippen LogP contribution < -0.4 is 0 Å². The van der Waals surface area contributed by atoms with Crippen LogP contribution in [0, 0.1) is 0 Å². The molecule has 16 aromatic rings. The van der Waals surface area contributed by atoms with Gasteiger partial charge in [0.2, 0.25) is 0 Å². The van der Waals surface area contributed by atoms with Gasteiger partial charge in [0.1, 0.15) is 0 Å². The lowest BCUT2D eigenvalue weighted by Gasteiger charge is -2.09. The van der Waals surface area contributed by atoms with Crippen LogP contribution in [0.25, 0.3) is 210 Å². The van der Waals surface area contributed by atoms with Gasteiger partial charge in [-0.1, -0.05) is 364 Å².